The molecule has 154 valence electrons. The Labute approximate surface area is 173 Å². The van der Waals surface area contributed by atoms with Gasteiger partial charge in [-0.2, -0.15) is 0 Å². The Morgan fingerprint density at radius 2 is 1.90 bits per heavy atom. The standard InChI is InChI=1S/C24H31N3O2/c1-18(24(28)25-22-11-10-19-7-5-8-20(19)16-22)26(2)17-21-6-3-4-9-23(21)27-12-14-29-15-13-27/h3-4,6,9-11,16,18H,5,7-8,12-15,17H2,1-2H3,(H,25,28)/p+1/t18-/m0/s1. The zero-order valence-electron chi connectivity index (χ0n) is 17.5. The maximum atomic E-state index is 12.9. The number of hydrogen-bond acceptors (Lipinski definition) is 3. The number of carbonyl (C=O) groups is 1. The van der Waals surface area contributed by atoms with Crippen LogP contribution in [0, 0.1) is 0 Å². The van der Waals surface area contributed by atoms with Crippen molar-refractivity contribution in [1.82, 2.24) is 0 Å². The fraction of sp³-hybridized carbons (Fsp3) is 0.458. The molecule has 29 heavy (non-hydrogen) atoms. The van der Waals surface area contributed by atoms with E-state index in [-0.39, 0.29) is 11.9 Å². The van der Waals surface area contributed by atoms with Crippen LogP contribution in [0.25, 0.3) is 0 Å². The molecule has 2 atom stereocenters. The van der Waals surface area contributed by atoms with Gasteiger partial charge in [0.15, 0.2) is 6.04 Å². The summed E-state index contributed by atoms with van der Waals surface area (Å²) >= 11 is 0. The lowest BCUT2D eigenvalue weighted by atomic mass is 10.1. The first-order valence-electron chi connectivity index (χ1n) is 10.8. The first kappa shape index (κ1) is 19.9. The molecule has 1 unspecified atom stereocenters. The second-order valence-electron chi connectivity index (χ2n) is 8.30. The van der Waals surface area contributed by atoms with Crippen molar-refractivity contribution in [3.63, 3.8) is 0 Å². The molecule has 5 heteroatoms. The van der Waals surface area contributed by atoms with Gasteiger partial charge in [-0.15, -0.1) is 0 Å². The number of amides is 1. The highest BCUT2D eigenvalue weighted by Crippen LogP contribution is 2.25. The van der Waals surface area contributed by atoms with E-state index in [4.69, 9.17) is 4.74 Å². The summed E-state index contributed by atoms with van der Waals surface area (Å²) in [6.45, 7) is 6.21. The molecule has 5 nitrogen and oxygen atoms in total. The Bertz CT molecular complexity index is 861. The van der Waals surface area contributed by atoms with Crippen molar-refractivity contribution >= 4 is 17.3 Å². The minimum absolute atomic E-state index is 0.0734. The Morgan fingerprint density at radius 3 is 2.72 bits per heavy atom. The number of ether oxygens (including phenoxy) is 1. The summed E-state index contributed by atoms with van der Waals surface area (Å²) in [5.74, 6) is 0.0734. The van der Waals surface area contributed by atoms with Gasteiger partial charge in [0, 0.05) is 30.0 Å². The predicted molar refractivity (Wildman–Crippen MR) is 117 cm³/mol. The van der Waals surface area contributed by atoms with Crippen LogP contribution in [0.1, 0.15) is 30.0 Å². The molecule has 1 amide bonds. The molecule has 0 saturated carbocycles. The van der Waals surface area contributed by atoms with Crippen molar-refractivity contribution in [3.8, 4) is 0 Å². The molecule has 1 aliphatic heterocycles. The minimum Gasteiger partial charge on any atom is -0.378 e. The number of morpholine rings is 1. The molecule has 0 aromatic heterocycles. The smallest absolute Gasteiger partial charge is 0.282 e. The van der Waals surface area contributed by atoms with Gasteiger partial charge in [0.25, 0.3) is 5.91 Å². The molecule has 1 saturated heterocycles. The molecule has 2 aromatic rings. The fourth-order valence-corrected chi connectivity index (χ4v) is 4.35. The number of nitrogens with one attached hydrogen (secondary N) is 2. The number of para-hydroxylation sites is 1. The summed E-state index contributed by atoms with van der Waals surface area (Å²) < 4.78 is 5.50. The van der Waals surface area contributed by atoms with E-state index in [9.17, 15) is 4.79 Å². The van der Waals surface area contributed by atoms with Crippen molar-refractivity contribution in [2.75, 3.05) is 43.6 Å². The van der Waals surface area contributed by atoms with Crippen LogP contribution in [0.3, 0.4) is 0 Å². The third-order valence-electron chi connectivity index (χ3n) is 6.31. The average molecular weight is 395 g/mol. The Kier molecular flexibility index (Phi) is 6.16. The molecule has 4 rings (SSSR count). The quantitative estimate of drug-likeness (QED) is 0.788. The topological polar surface area (TPSA) is 46.0 Å². The van der Waals surface area contributed by atoms with Crippen LogP contribution in [0.2, 0.25) is 0 Å². The maximum Gasteiger partial charge on any atom is 0.282 e. The largest absolute Gasteiger partial charge is 0.378 e. The van der Waals surface area contributed by atoms with Gasteiger partial charge in [0.1, 0.15) is 6.54 Å². The highest BCUT2D eigenvalue weighted by Gasteiger charge is 2.24. The van der Waals surface area contributed by atoms with Crippen molar-refractivity contribution < 1.29 is 14.4 Å². The molecule has 2 N–H and O–H groups in total. The van der Waals surface area contributed by atoms with E-state index in [2.05, 4.69) is 53.7 Å². The van der Waals surface area contributed by atoms with Crippen LogP contribution < -0.4 is 15.1 Å². The fourth-order valence-electron chi connectivity index (χ4n) is 4.35. The van der Waals surface area contributed by atoms with Crippen molar-refractivity contribution in [2.45, 2.75) is 38.8 Å². The SMILES string of the molecule is C[C@@H](C(=O)Nc1ccc2c(c1)CCC2)[NH+](C)Cc1ccccc1N1CCOCC1. The van der Waals surface area contributed by atoms with E-state index < -0.39 is 0 Å². The molecule has 0 bridgehead atoms. The number of anilines is 2. The summed E-state index contributed by atoms with van der Waals surface area (Å²) in [7, 11) is 2.10. The lowest BCUT2D eigenvalue weighted by Crippen LogP contribution is -3.12. The average Bonchev–Trinajstić information content (AvgIpc) is 3.22. The Hall–Kier alpha value is -2.37. The van der Waals surface area contributed by atoms with Gasteiger partial charge in [0.05, 0.1) is 20.3 Å². The number of nitrogens with zero attached hydrogens (tertiary/aromatic N) is 1. The molecule has 1 heterocycles. The van der Waals surface area contributed by atoms with Gasteiger partial charge in [-0.05, 0) is 55.5 Å². The summed E-state index contributed by atoms with van der Waals surface area (Å²) in [6.07, 6.45) is 3.51. The van der Waals surface area contributed by atoms with Crippen LogP contribution in [0.5, 0.6) is 0 Å². The van der Waals surface area contributed by atoms with Gasteiger partial charge >= 0.3 is 0 Å². The third kappa shape index (κ3) is 4.62. The van der Waals surface area contributed by atoms with Crippen molar-refractivity contribution in [1.29, 1.82) is 0 Å². The highest BCUT2D eigenvalue weighted by molar-refractivity contribution is 5.93. The molecular formula is C24H32N3O2+. The number of carbonyl (C=O) groups excluding carboxylic acids is 1. The zero-order chi connectivity index (χ0) is 20.2. The van der Waals surface area contributed by atoms with Crippen LogP contribution in [0.4, 0.5) is 11.4 Å². The van der Waals surface area contributed by atoms with Gasteiger partial charge in [0.2, 0.25) is 0 Å². The van der Waals surface area contributed by atoms with Gasteiger partial charge in [-0.25, -0.2) is 0 Å². The van der Waals surface area contributed by atoms with E-state index >= 15 is 0 Å². The lowest BCUT2D eigenvalue weighted by molar-refractivity contribution is -0.907. The second-order valence-corrected chi connectivity index (χ2v) is 8.30. The van der Waals surface area contributed by atoms with E-state index in [1.165, 1.54) is 33.7 Å². The summed E-state index contributed by atoms with van der Waals surface area (Å²) in [4.78, 5) is 16.4. The molecule has 0 radical (unpaired) electrons. The van der Waals surface area contributed by atoms with E-state index in [1.54, 1.807) is 0 Å². The second kappa shape index (κ2) is 8.97. The Balaban J connectivity index is 1.40. The van der Waals surface area contributed by atoms with Crippen LogP contribution in [-0.4, -0.2) is 45.3 Å². The van der Waals surface area contributed by atoms with Crippen LogP contribution >= 0.6 is 0 Å². The molecule has 1 fully saturated rings. The molecular weight excluding hydrogens is 362 g/mol. The zero-order valence-corrected chi connectivity index (χ0v) is 17.5. The number of likely N-dealkylation sites (N-methyl/N-ethyl adjacent to an activating group) is 1. The van der Waals surface area contributed by atoms with Crippen molar-refractivity contribution in [3.05, 3.63) is 59.2 Å². The number of fused-ring (bicyclic) bond motifs is 1. The first-order chi connectivity index (χ1) is 14.1. The Morgan fingerprint density at radius 1 is 1.14 bits per heavy atom. The molecule has 0 spiro atoms. The van der Waals surface area contributed by atoms with Gasteiger partial charge in [-0.1, -0.05) is 24.3 Å². The number of quaternary nitrogens is 1. The van der Waals surface area contributed by atoms with E-state index in [0.717, 1.165) is 51.4 Å². The monoisotopic (exact) mass is 394 g/mol. The maximum absolute atomic E-state index is 12.9. The third-order valence-corrected chi connectivity index (χ3v) is 6.31. The summed E-state index contributed by atoms with van der Waals surface area (Å²) in [6, 6.07) is 14.8. The van der Waals surface area contributed by atoms with Crippen LogP contribution in [0.15, 0.2) is 42.5 Å². The number of hydrogen-bond donors (Lipinski definition) is 2. The van der Waals surface area contributed by atoms with Gasteiger partial charge < -0.3 is 19.9 Å². The summed E-state index contributed by atoms with van der Waals surface area (Å²) in [5, 5.41) is 3.13. The van der Waals surface area contributed by atoms with Crippen molar-refractivity contribution in [2.24, 2.45) is 0 Å². The summed E-state index contributed by atoms with van der Waals surface area (Å²) in [5.41, 5.74) is 6.28. The normalized spacial score (nSPS) is 18.2. The molecule has 2 aliphatic rings. The first-order valence-corrected chi connectivity index (χ1v) is 10.8. The van der Waals surface area contributed by atoms with Gasteiger partial charge in [-0.3, -0.25) is 4.79 Å². The molecule has 2 aromatic carbocycles. The lowest BCUT2D eigenvalue weighted by Gasteiger charge is -2.31. The van der Waals surface area contributed by atoms with E-state index in [0.29, 0.717) is 0 Å². The van der Waals surface area contributed by atoms with E-state index in [1.807, 2.05) is 13.0 Å². The minimum atomic E-state index is -0.138. The number of rotatable bonds is 6. The number of benzene rings is 2. The predicted octanol–water partition coefficient (Wildman–Crippen LogP) is 2.05. The molecule has 1 aliphatic carbocycles. The number of aryl methyl sites for hydroxylation is 2. The highest BCUT2D eigenvalue weighted by atomic mass is 16.5. The van der Waals surface area contributed by atoms with Crippen LogP contribution in [-0.2, 0) is 28.9 Å².